The Kier molecular flexibility index (Phi) is 7.21. The van der Waals surface area contributed by atoms with Crippen molar-refractivity contribution in [3.8, 4) is 0 Å². The molecule has 10 heteroatoms. The maximum atomic E-state index is 13.7. The van der Waals surface area contributed by atoms with Crippen LogP contribution in [0.25, 0.3) is 0 Å². The summed E-state index contributed by atoms with van der Waals surface area (Å²) in [6, 6.07) is 2.46. The Morgan fingerprint density at radius 3 is 2.62 bits per heavy atom. The van der Waals surface area contributed by atoms with E-state index in [0.29, 0.717) is 37.8 Å². The summed E-state index contributed by atoms with van der Waals surface area (Å²) in [4.78, 5) is 19.6. The van der Waals surface area contributed by atoms with E-state index < -0.39 is 53.6 Å². The van der Waals surface area contributed by atoms with Gasteiger partial charge in [-0.3, -0.25) is 4.79 Å². The number of furan rings is 1. The third-order valence-electron chi connectivity index (χ3n) is 10.8. The van der Waals surface area contributed by atoms with Crippen molar-refractivity contribution in [3.05, 3.63) is 35.8 Å². The molecule has 7 unspecified atom stereocenters. The fourth-order valence-electron chi connectivity index (χ4n) is 8.75. The second-order valence-corrected chi connectivity index (χ2v) is 12.5. The van der Waals surface area contributed by atoms with Gasteiger partial charge in [-0.2, -0.15) is 0 Å². The van der Waals surface area contributed by atoms with Crippen molar-refractivity contribution in [2.24, 2.45) is 33.7 Å². The van der Waals surface area contributed by atoms with Crippen molar-refractivity contribution in [1.82, 2.24) is 4.90 Å². The number of aliphatic hydroxyl groups is 3. The van der Waals surface area contributed by atoms with Crippen LogP contribution in [0, 0.1) is 28.6 Å². The summed E-state index contributed by atoms with van der Waals surface area (Å²) in [5.74, 6) is -1.00. The number of hydrogen-bond donors (Lipinski definition) is 3. The van der Waals surface area contributed by atoms with Gasteiger partial charge in [-0.15, -0.1) is 0 Å². The number of amides is 1. The monoisotopic (exact) mass is 550 g/mol. The smallest absolute Gasteiger partial charge is 0.289 e. The molecule has 1 aromatic rings. The second-order valence-electron chi connectivity index (χ2n) is 12.5. The van der Waals surface area contributed by atoms with Gasteiger partial charge < -0.3 is 29.5 Å². The van der Waals surface area contributed by atoms with E-state index in [1.165, 1.54) is 24.3 Å². The molecule has 1 heterocycles. The predicted molar refractivity (Wildman–Crippen MR) is 139 cm³/mol. The standard InChI is InChI=1S/C29H40F2N2O6/c1-16(33(15-25(30)31)26(36)24-6-5-11-39-24)17-8-10-29(37)19-12-21(32-38-4)20-13-22(34)23(35)14-27(20,2)18(19)7-9-28(17,29)3/h5-6,11-12,16-18,20,22-23,25,34-35,37H,7-10,13-15H2,1-4H3/b32-21+/t16?,17?,18?,20?,22-,23?,27?,28?,29-/m1/s1. The Morgan fingerprint density at radius 2 is 1.97 bits per heavy atom. The van der Waals surface area contributed by atoms with Crippen molar-refractivity contribution in [2.45, 2.75) is 89.6 Å². The Labute approximate surface area is 227 Å². The molecule has 0 bridgehead atoms. The molecule has 9 atom stereocenters. The highest BCUT2D eigenvalue weighted by Gasteiger charge is 2.67. The zero-order chi connectivity index (χ0) is 28.3. The van der Waals surface area contributed by atoms with E-state index in [2.05, 4.69) is 12.1 Å². The number of hydrogen-bond acceptors (Lipinski definition) is 7. The van der Waals surface area contributed by atoms with Crippen molar-refractivity contribution in [3.63, 3.8) is 0 Å². The third kappa shape index (κ3) is 4.25. The maximum Gasteiger partial charge on any atom is 0.289 e. The number of allylic oxidation sites excluding steroid dienone is 1. The first kappa shape index (κ1) is 28.2. The summed E-state index contributed by atoms with van der Waals surface area (Å²) in [6.07, 6.45) is 1.88. The molecule has 0 aliphatic heterocycles. The van der Waals surface area contributed by atoms with Crippen LogP contribution in [-0.4, -0.2) is 75.8 Å². The Hall–Kier alpha value is -2.30. The van der Waals surface area contributed by atoms with E-state index in [4.69, 9.17) is 9.25 Å². The molecule has 0 aromatic carbocycles. The van der Waals surface area contributed by atoms with Crippen molar-refractivity contribution in [1.29, 1.82) is 0 Å². The van der Waals surface area contributed by atoms with E-state index in [-0.39, 0.29) is 23.5 Å². The predicted octanol–water partition coefficient (Wildman–Crippen LogP) is 4.01. The molecule has 4 aliphatic rings. The topological polar surface area (TPSA) is 116 Å². The molecular formula is C29H40F2N2O6. The van der Waals surface area contributed by atoms with Gasteiger partial charge in [0, 0.05) is 17.4 Å². The van der Waals surface area contributed by atoms with Crippen molar-refractivity contribution < 1.29 is 38.1 Å². The lowest BCUT2D eigenvalue weighted by Crippen LogP contribution is -2.61. The Bertz CT molecular complexity index is 1140. The fraction of sp³-hybridized carbons (Fsp3) is 0.724. The molecule has 1 amide bonds. The minimum Gasteiger partial charge on any atom is -0.459 e. The molecule has 39 heavy (non-hydrogen) atoms. The number of carbonyl (C=O) groups is 1. The van der Waals surface area contributed by atoms with Crippen LogP contribution in [-0.2, 0) is 4.84 Å². The molecular weight excluding hydrogens is 510 g/mol. The second kappa shape index (κ2) is 9.96. The minimum atomic E-state index is -2.71. The zero-order valence-electron chi connectivity index (χ0n) is 23.0. The van der Waals surface area contributed by atoms with Crippen LogP contribution in [0.15, 0.2) is 39.6 Å². The average molecular weight is 551 g/mol. The third-order valence-corrected chi connectivity index (χ3v) is 10.8. The first-order valence-corrected chi connectivity index (χ1v) is 13.9. The summed E-state index contributed by atoms with van der Waals surface area (Å²) >= 11 is 0. The van der Waals surface area contributed by atoms with Crippen LogP contribution in [0.5, 0.6) is 0 Å². The van der Waals surface area contributed by atoms with Gasteiger partial charge >= 0.3 is 0 Å². The van der Waals surface area contributed by atoms with Gasteiger partial charge in [0.2, 0.25) is 0 Å². The summed E-state index contributed by atoms with van der Waals surface area (Å²) < 4.78 is 32.6. The molecule has 3 saturated carbocycles. The summed E-state index contributed by atoms with van der Waals surface area (Å²) in [5.41, 5.74) is -0.909. The lowest BCUT2D eigenvalue weighted by molar-refractivity contribution is -0.124. The summed E-state index contributed by atoms with van der Waals surface area (Å²) in [5, 5.41) is 38.0. The van der Waals surface area contributed by atoms with Gasteiger partial charge in [0.1, 0.15) is 7.11 Å². The number of nitrogens with zero attached hydrogens (tertiary/aromatic N) is 2. The van der Waals surface area contributed by atoms with Crippen molar-refractivity contribution >= 4 is 11.6 Å². The maximum absolute atomic E-state index is 13.7. The van der Waals surface area contributed by atoms with E-state index in [9.17, 15) is 28.9 Å². The number of rotatable bonds is 6. The molecule has 216 valence electrons. The normalized spacial score (nSPS) is 41.4. The van der Waals surface area contributed by atoms with Gasteiger partial charge in [-0.05, 0) is 86.5 Å². The largest absolute Gasteiger partial charge is 0.459 e. The van der Waals surface area contributed by atoms with Crippen LogP contribution in [0.3, 0.4) is 0 Å². The van der Waals surface area contributed by atoms with Gasteiger partial charge in [0.25, 0.3) is 12.3 Å². The number of alkyl halides is 2. The highest BCUT2D eigenvalue weighted by Crippen LogP contribution is 2.67. The summed E-state index contributed by atoms with van der Waals surface area (Å²) in [7, 11) is 1.46. The number of carbonyl (C=O) groups excluding carboxylic acids is 1. The van der Waals surface area contributed by atoms with E-state index in [0.717, 1.165) is 12.0 Å². The van der Waals surface area contributed by atoms with Gasteiger partial charge in [-0.1, -0.05) is 19.0 Å². The number of fused-ring (bicyclic) bond motifs is 5. The fourth-order valence-corrected chi connectivity index (χ4v) is 8.75. The first-order chi connectivity index (χ1) is 18.4. The molecule has 0 saturated heterocycles. The molecule has 3 N–H and O–H groups in total. The minimum absolute atomic E-state index is 0.0111. The number of oxime groups is 1. The van der Waals surface area contributed by atoms with Gasteiger partial charge in [0.15, 0.2) is 5.76 Å². The zero-order valence-corrected chi connectivity index (χ0v) is 23.0. The quantitative estimate of drug-likeness (QED) is 0.461. The van der Waals surface area contributed by atoms with Gasteiger partial charge in [0.05, 0.1) is 36.3 Å². The highest BCUT2D eigenvalue weighted by atomic mass is 19.3. The Balaban J connectivity index is 1.52. The number of halogens is 2. The van der Waals surface area contributed by atoms with Crippen LogP contribution >= 0.6 is 0 Å². The van der Waals surface area contributed by atoms with E-state index in [1.54, 1.807) is 13.0 Å². The average Bonchev–Trinajstić information content (AvgIpc) is 3.50. The molecule has 4 aliphatic carbocycles. The molecule has 3 fully saturated rings. The lowest BCUT2D eigenvalue weighted by Gasteiger charge is -2.60. The highest BCUT2D eigenvalue weighted by molar-refractivity contribution is 5.99. The van der Waals surface area contributed by atoms with E-state index in [1.807, 2.05) is 13.0 Å². The van der Waals surface area contributed by atoms with E-state index >= 15 is 0 Å². The Morgan fingerprint density at radius 1 is 1.23 bits per heavy atom. The first-order valence-electron chi connectivity index (χ1n) is 13.9. The SMILES string of the molecule is CO/N=C1\C=C2C(CCC3(C)C(C(C)N(CC(F)F)C(=O)c4ccco4)CC[C@@]23O)C2(C)CC(O)[C@H](O)CC12. The molecule has 5 rings (SSSR count). The van der Waals surface area contributed by atoms with Gasteiger partial charge in [-0.25, -0.2) is 8.78 Å². The van der Waals surface area contributed by atoms with Crippen LogP contribution in [0.4, 0.5) is 8.78 Å². The molecule has 1 aromatic heterocycles. The van der Waals surface area contributed by atoms with Crippen LogP contribution < -0.4 is 0 Å². The van der Waals surface area contributed by atoms with Crippen LogP contribution in [0.2, 0.25) is 0 Å². The molecule has 8 nitrogen and oxygen atoms in total. The summed E-state index contributed by atoms with van der Waals surface area (Å²) in [6.45, 7) is 5.18. The molecule has 0 radical (unpaired) electrons. The van der Waals surface area contributed by atoms with Crippen LogP contribution in [0.1, 0.15) is 69.9 Å². The lowest BCUT2D eigenvalue weighted by atomic mass is 9.46. The molecule has 0 spiro atoms. The number of aliphatic hydroxyl groups excluding tert-OH is 2. The van der Waals surface area contributed by atoms with Crippen molar-refractivity contribution in [2.75, 3.05) is 13.7 Å².